The van der Waals surface area contributed by atoms with E-state index in [1.165, 1.54) is 5.56 Å². The quantitative estimate of drug-likeness (QED) is 0.591. The molecule has 5 nitrogen and oxygen atoms in total. The number of benzene rings is 2. The van der Waals surface area contributed by atoms with E-state index in [2.05, 4.69) is 33.3 Å². The van der Waals surface area contributed by atoms with Gasteiger partial charge in [-0.15, -0.1) is 0 Å². The minimum absolute atomic E-state index is 0.614. The van der Waals surface area contributed by atoms with Gasteiger partial charge >= 0.3 is 0 Å². The third kappa shape index (κ3) is 2.81. The zero-order valence-corrected chi connectivity index (χ0v) is 13.2. The highest BCUT2D eigenvalue weighted by Crippen LogP contribution is 2.25. The van der Waals surface area contributed by atoms with Crippen molar-refractivity contribution < 1.29 is 4.52 Å². The molecule has 0 aliphatic carbocycles. The van der Waals surface area contributed by atoms with Crippen LogP contribution in [0, 0.1) is 0 Å². The SMILES string of the molecule is NCCc1c[nH]c2ccc(-c3noc(Cc4ccccc4)n3)cc12. The maximum absolute atomic E-state index is 5.68. The van der Waals surface area contributed by atoms with Crippen molar-refractivity contribution >= 4 is 10.9 Å². The van der Waals surface area contributed by atoms with Gasteiger partial charge in [-0.25, -0.2) is 0 Å². The Labute approximate surface area is 139 Å². The number of aromatic nitrogens is 3. The van der Waals surface area contributed by atoms with Crippen molar-refractivity contribution in [3.05, 3.63) is 71.7 Å². The van der Waals surface area contributed by atoms with Crippen molar-refractivity contribution in [3.63, 3.8) is 0 Å². The van der Waals surface area contributed by atoms with Crippen LogP contribution in [0.25, 0.3) is 22.3 Å². The molecule has 0 atom stereocenters. The molecule has 2 aromatic carbocycles. The van der Waals surface area contributed by atoms with Gasteiger partial charge < -0.3 is 15.2 Å². The van der Waals surface area contributed by atoms with E-state index in [0.717, 1.165) is 28.5 Å². The number of nitrogens with two attached hydrogens (primary N) is 1. The highest BCUT2D eigenvalue weighted by molar-refractivity contribution is 5.87. The Morgan fingerprint density at radius 1 is 1.08 bits per heavy atom. The number of aromatic amines is 1. The first-order chi connectivity index (χ1) is 11.8. The predicted molar refractivity (Wildman–Crippen MR) is 93.6 cm³/mol. The molecule has 0 radical (unpaired) electrons. The summed E-state index contributed by atoms with van der Waals surface area (Å²) >= 11 is 0. The normalized spacial score (nSPS) is 11.2. The fraction of sp³-hybridized carbons (Fsp3) is 0.158. The van der Waals surface area contributed by atoms with Crippen LogP contribution in [0.3, 0.4) is 0 Å². The third-order valence-corrected chi connectivity index (χ3v) is 4.11. The molecule has 0 saturated carbocycles. The minimum atomic E-state index is 0.614. The molecular weight excluding hydrogens is 300 g/mol. The van der Waals surface area contributed by atoms with Gasteiger partial charge in [0.1, 0.15) is 0 Å². The fourth-order valence-corrected chi connectivity index (χ4v) is 2.89. The molecule has 0 spiro atoms. The lowest BCUT2D eigenvalue weighted by Crippen LogP contribution is -2.01. The average molecular weight is 318 g/mol. The Kier molecular flexibility index (Phi) is 3.84. The lowest BCUT2D eigenvalue weighted by Gasteiger charge is -1.99. The summed E-state index contributed by atoms with van der Waals surface area (Å²) in [6.07, 6.45) is 3.49. The molecule has 3 N–H and O–H groups in total. The maximum atomic E-state index is 5.68. The highest BCUT2D eigenvalue weighted by Gasteiger charge is 2.11. The Bertz CT molecular complexity index is 956. The molecule has 0 bridgehead atoms. The molecule has 4 rings (SSSR count). The molecule has 0 fully saturated rings. The number of hydrogen-bond donors (Lipinski definition) is 2. The Hall–Kier alpha value is -2.92. The van der Waals surface area contributed by atoms with Crippen LogP contribution in [-0.2, 0) is 12.8 Å². The monoisotopic (exact) mass is 318 g/mol. The van der Waals surface area contributed by atoms with Crippen molar-refractivity contribution in [1.29, 1.82) is 0 Å². The summed E-state index contributed by atoms with van der Waals surface area (Å²) in [6, 6.07) is 16.2. The van der Waals surface area contributed by atoms with Crippen LogP contribution >= 0.6 is 0 Å². The molecule has 0 aliphatic heterocycles. The van der Waals surface area contributed by atoms with Gasteiger partial charge in [0.2, 0.25) is 11.7 Å². The lowest BCUT2D eigenvalue weighted by atomic mass is 10.1. The van der Waals surface area contributed by atoms with Crippen molar-refractivity contribution in [1.82, 2.24) is 15.1 Å². The molecule has 5 heteroatoms. The zero-order chi connectivity index (χ0) is 16.4. The van der Waals surface area contributed by atoms with Gasteiger partial charge in [-0.1, -0.05) is 35.5 Å². The van der Waals surface area contributed by atoms with E-state index in [0.29, 0.717) is 24.7 Å². The number of fused-ring (bicyclic) bond motifs is 1. The second-order valence-corrected chi connectivity index (χ2v) is 5.79. The molecule has 2 aromatic heterocycles. The van der Waals surface area contributed by atoms with Crippen LogP contribution in [0.4, 0.5) is 0 Å². The van der Waals surface area contributed by atoms with Gasteiger partial charge in [0.25, 0.3) is 0 Å². The molecular formula is C19H18N4O. The predicted octanol–water partition coefficient (Wildman–Crippen LogP) is 3.31. The molecule has 24 heavy (non-hydrogen) atoms. The standard InChI is InChI=1S/C19H18N4O/c20-9-8-15-12-21-17-7-6-14(11-16(15)17)19-22-18(24-23-19)10-13-4-2-1-3-5-13/h1-7,11-12,21H,8-10,20H2. The minimum Gasteiger partial charge on any atom is -0.361 e. The number of H-pyrrole nitrogens is 1. The molecule has 0 saturated heterocycles. The summed E-state index contributed by atoms with van der Waals surface area (Å²) in [6.45, 7) is 0.626. The van der Waals surface area contributed by atoms with E-state index in [1.54, 1.807) is 0 Å². The molecule has 0 amide bonds. The van der Waals surface area contributed by atoms with Gasteiger partial charge in [0.15, 0.2) is 0 Å². The van der Waals surface area contributed by atoms with Crippen LogP contribution < -0.4 is 5.73 Å². The summed E-state index contributed by atoms with van der Waals surface area (Å²) < 4.78 is 5.41. The molecule has 120 valence electrons. The van der Waals surface area contributed by atoms with Crippen LogP contribution in [0.5, 0.6) is 0 Å². The van der Waals surface area contributed by atoms with Gasteiger partial charge in [-0.3, -0.25) is 0 Å². The Morgan fingerprint density at radius 3 is 2.79 bits per heavy atom. The van der Waals surface area contributed by atoms with E-state index in [4.69, 9.17) is 10.3 Å². The average Bonchev–Trinajstić information content (AvgIpc) is 3.23. The third-order valence-electron chi connectivity index (χ3n) is 4.11. The summed E-state index contributed by atoms with van der Waals surface area (Å²) in [4.78, 5) is 7.80. The van der Waals surface area contributed by atoms with Crippen LogP contribution in [0.15, 0.2) is 59.3 Å². The summed E-state index contributed by atoms with van der Waals surface area (Å²) in [5.41, 5.74) is 10.1. The Balaban J connectivity index is 1.64. The van der Waals surface area contributed by atoms with Crippen LogP contribution in [0.1, 0.15) is 17.0 Å². The number of rotatable bonds is 5. The van der Waals surface area contributed by atoms with E-state index in [1.807, 2.05) is 36.5 Å². The smallest absolute Gasteiger partial charge is 0.231 e. The first-order valence-electron chi connectivity index (χ1n) is 8.00. The number of nitrogens with zero attached hydrogens (tertiary/aromatic N) is 2. The van der Waals surface area contributed by atoms with E-state index in [-0.39, 0.29) is 0 Å². The molecule has 0 aliphatic rings. The lowest BCUT2D eigenvalue weighted by molar-refractivity contribution is 0.385. The molecule has 0 unspecified atom stereocenters. The topological polar surface area (TPSA) is 80.7 Å². The fourth-order valence-electron chi connectivity index (χ4n) is 2.89. The summed E-state index contributed by atoms with van der Waals surface area (Å²) in [5.74, 6) is 1.23. The first-order valence-corrected chi connectivity index (χ1v) is 8.00. The van der Waals surface area contributed by atoms with Crippen LogP contribution in [-0.4, -0.2) is 21.7 Å². The maximum Gasteiger partial charge on any atom is 0.231 e. The second-order valence-electron chi connectivity index (χ2n) is 5.79. The number of hydrogen-bond acceptors (Lipinski definition) is 4. The van der Waals surface area contributed by atoms with E-state index < -0.39 is 0 Å². The van der Waals surface area contributed by atoms with E-state index >= 15 is 0 Å². The van der Waals surface area contributed by atoms with Crippen molar-refractivity contribution in [3.8, 4) is 11.4 Å². The number of nitrogens with one attached hydrogen (secondary N) is 1. The molecule has 4 aromatic rings. The van der Waals surface area contributed by atoms with Gasteiger partial charge in [0.05, 0.1) is 6.42 Å². The zero-order valence-electron chi connectivity index (χ0n) is 13.2. The Morgan fingerprint density at radius 2 is 1.96 bits per heavy atom. The van der Waals surface area contributed by atoms with Crippen molar-refractivity contribution in [2.75, 3.05) is 6.54 Å². The van der Waals surface area contributed by atoms with Gasteiger partial charge in [-0.05, 0) is 42.3 Å². The van der Waals surface area contributed by atoms with Crippen LogP contribution in [0.2, 0.25) is 0 Å². The second kappa shape index (κ2) is 6.29. The van der Waals surface area contributed by atoms with E-state index in [9.17, 15) is 0 Å². The summed E-state index contributed by atoms with van der Waals surface area (Å²) in [5, 5.41) is 5.29. The van der Waals surface area contributed by atoms with Gasteiger partial charge in [0, 0.05) is 22.7 Å². The largest absolute Gasteiger partial charge is 0.361 e. The molecule has 2 heterocycles. The first kappa shape index (κ1) is 14.7. The van der Waals surface area contributed by atoms with Crippen molar-refractivity contribution in [2.45, 2.75) is 12.8 Å². The highest BCUT2D eigenvalue weighted by atomic mass is 16.5. The van der Waals surface area contributed by atoms with Crippen molar-refractivity contribution in [2.24, 2.45) is 5.73 Å². The van der Waals surface area contributed by atoms with Gasteiger partial charge in [-0.2, -0.15) is 4.98 Å². The summed E-state index contributed by atoms with van der Waals surface area (Å²) in [7, 11) is 0.